The number of sulfone groups is 1. The van der Waals surface area contributed by atoms with E-state index in [1.54, 1.807) is 18.2 Å². The number of nitrogens with one attached hydrogen (secondary N) is 1. The normalized spacial score (nSPS) is 13.1. The predicted octanol–water partition coefficient (Wildman–Crippen LogP) is 3.36. The summed E-state index contributed by atoms with van der Waals surface area (Å²) in [5.41, 5.74) is 2.15. The fourth-order valence-corrected chi connectivity index (χ4v) is 3.35. The largest absolute Gasteiger partial charge is 0.313 e. The van der Waals surface area contributed by atoms with Crippen molar-refractivity contribution in [3.8, 4) is 0 Å². The van der Waals surface area contributed by atoms with Crippen LogP contribution in [-0.2, 0) is 16.3 Å². The summed E-state index contributed by atoms with van der Waals surface area (Å²) >= 11 is 3.55. The first-order chi connectivity index (χ1) is 9.91. The van der Waals surface area contributed by atoms with Gasteiger partial charge in [-0.2, -0.15) is 0 Å². The summed E-state index contributed by atoms with van der Waals surface area (Å²) in [6.45, 7) is 0. The highest BCUT2D eigenvalue weighted by molar-refractivity contribution is 9.10. The van der Waals surface area contributed by atoms with Crippen molar-refractivity contribution in [2.24, 2.45) is 0 Å². The number of benzene rings is 2. The third-order valence-corrected chi connectivity index (χ3v) is 5.30. The summed E-state index contributed by atoms with van der Waals surface area (Å²) in [5.74, 6) is 0. The van der Waals surface area contributed by atoms with Gasteiger partial charge < -0.3 is 5.32 Å². The standard InChI is InChI=1S/C16H18BrNO2S/c1-18-16(11-12-6-3-4-9-15(12)17)13-7-5-8-14(10-13)21(2,19)20/h3-10,16,18H,11H2,1-2H3. The van der Waals surface area contributed by atoms with Crippen LogP contribution >= 0.6 is 15.9 Å². The molecular weight excluding hydrogens is 350 g/mol. The zero-order valence-corrected chi connectivity index (χ0v) is 14.4. The third-order valence-electron chi connectivity index (χ3n) is 3.42. The highest BCUT2D eigenvalue weighted by Crippen LogP contribution is 2.25. The fraction of sp³-hybridized carbons (Fsp3) is 0.250. The van der Waals surface area contributed by atoms with Gasteiger partial charge in [0.1, 0.15) is 0 Å². The Kier molecular flexibility index (Phi) is 5.19. The van der Waals surface area contributed by atoms with Gasteiger partial charge in [0.2, 0.25) is 0 Å². The minimum absolute atomic E-state index is 0.0606. The second-order valence-electron chi connectivity index (χ2n) is 4.98. The van der Waals surface area contributed by atoms with Crippen LogP contribution in [0.2, 0.25) is 0 Å². The van der Waals surface area contributed by atoms with Gasteiger partial charge in [-0.05, 0) is 42.8 Å². The number of halogens is 1. The molecular formula is C16H18BrNO2S. The number of rotatable bonds is 5. The monoisotopic (exact) mass is 367 g/mol. The lowest BCUT2D eigenvalue weighted by Gasteiger charge is -2.18. The SMILES string of the molecule is CNC(Cc1ccccc1Br)c1cccc(S(C)(=O)=O)c1. The summed E-state index contributed by atoms with van der Waals surface area (Å²) in [5, 5.41) is 3.26. The minimum Gasteiger partial charge on any atom is -0.313 e. The molecule has 0 aliphatic carbocycles. The van der Waals surface area contributed by atoms with Gasteiger partial charge in [0, 0.05) is 16.8 Å². The molecule has 0 bridgehead atoms. The van der Waals surface area contributed by atoms with E-state index in [-0.39, 0.29) is 6.04 Å². The highest BCUT2D eigenvalue weighted by atomic mass is 79.9. The van der Waals surface area contributed by atoms with Crippen LogP contribution in [0.3, 0.4) is 0 Å². The van der Waals surface area contributed by atoms with E-state index in [1.165, 1.54) is 11.8 Å². The Morgan fingerprint density at radius 3 is 2.48 bits per heavy atom. The Labute approximate surface area is 134 Å². The Balaban J connectivity index is 2.32. The number of hydrogen-bond acceptors (Lipinski definition) is 3. The van der Waals surface area contributed by atoms with E-state index in [2.05, 4.69) is 27.3 Å². The van der Waals surface area contributed by atoms with Gasteiger partial charge in [0.05, 0.1) is 4.90 Å². The zero-order valence-electron chi connectivity index (χ0n) is 12.0. The average Bonchev–Trinajstić information content (AvgIpc) is 2.46. The van der Waals surface area contributed by atoms with Gasteiger partial charge in [-0.15, -0.1) is 0 Å². The summed E-state index contributed by atoms with van der Waals surface area (Å²) in [4.78, 5) is 0.354. The van der Waals surface area contributed by atoms with Gasteiger partial charge in [0.15, 0.2) is 9.84 Å². The zero-order chi connectivity index (χ0) is 15.5. The maximum atomic E-state index is 11.7. The molecule has 0 spiro atoms. The first-order valence-electron chi connectivity index (χ1n) is 6.62. The van der Waals surface area contributed by atoms with Crippen molar-refractivity contribution in [3.05, 3.63) is 64.1 Å². The van der Waals surface area contributed by atoms with Crippen LogP contribution in [0.25, 0.3) is 0 Å². The molecule has 112 valence electrons. The molecule has 2 rings (SSSR count). The molecule has 0 aliphatic heterocycles. The van der Waals surface area contributed by atoms with Crippen LogP contribution in [0.4, 0.5) is 0 Å². The molecule has 0 aliphatic rings. The van der Waals surface area contributed by atoms with E-state index in [1.807, 2.05) is 31.3 Å². The molecule has 2 aromatic carbocycles. The van der Waals surface area contributed by atoms with Crippen LogP contribution in [0, 0.1) is 0 Å². The van der Waals surface area contributed by atoms with Crippen LogP contribution in [0.15, 0.2) is 57.9 Å². The van der Waals surface area contributed by atoms with Crippen molar-refractivity contribution in [1.82, 2.24) is 5.32 Å². The lowest BCUT2D eigenvalue weighted by atomic mass is 9.99. The predicted molar refractivity (Wildman–Crippen MR) is 89.2 cm³/mol. The lowest BCUT2D eigenvalue weighted by molar-refractivity contribution is 0.586. The van der Waals surface area contributed by atoms with Crippen LogP contribution in [-0.4, -0.2) is 21.7 Å². The maximum absolute atomic E-state index is 11.7. The summed E-state index contributed by atoms with van der Waals surface area (Å²) in [6.07, 6.45) is 2.01. The van der Waals surface area contributed by atoms with E-state index in [9.17, 15) is 8.42 Å². The van der Waals surface area contributed by atoms with E-state index in [4.69, 9.17) is 0 Å². The molecule has 5 heteroatoms. The lowest BCUT2D eigenvalue weighted by Crippen LogP contribution is -2.19. The molecule has 0 aromatic heterocycles. The molecule has 0 fully saturated rings. The van der Waals surface area contributed by atoms with Crippen molar-refractivity contribution in [1.29, 1.82) is 0 Å². The molecule has 1 N–H and O–H groups in total. The Morgan fingerprint density at radius 1 is 1.14 bits per heavy atom. The van der Waals surface area contributed by atoms with Crippen molar-refractivity contribution < 1.29 is 8.42 Å². The number of likely N-dealkylation sites (N-methyl/N-ethyl adjacent to an activating group) is 1. The summed E-state index contributed by atoms with van der Waals surface area (Å²) in [7, 11) is -1.30. The van der Waals surface area contributed by atoms with Gasteiger partial charge in [-0.25, -0.2) is 8.42 Å². The molecule has 2 aromatic rings. The van der Waals surface area contributed by atoms with Crippen LogP contribution < -0.4 is 5.32 Å². The highest BCUT2D eigenvalue weighted by Gasteiger charge is 2.14. The molecule has 1 atom stereocenters. The van der Waals surface area contributed by atoms with Crippen molar-refractivity contribution in [3.63, 3.8) is 0 Å². The second kappa shape index (κ2) is 6.73. The van der Waals surface area contributed by atoms with E-state index < -0.39 is 9.84 Å². The molecule has 0 heterocycles. The fourth-order valence-electron chi connectivity index (χ4n) is 2.23. The molecule has 0 saturated carbocycles. The van der Waals surface area contributed by atoms with Crippen LogP contribution in [0.5, 0.6) is 0 Å². The third kappa shape index (κ3) is 4.15. The topological polar surface area (TPSA) is 46.2 Å². The Morgan fingerprint density at radius 2 is 1.86 bits per heavy atom. The Bertz CT molecular complexity index is 729. The quantitative estimate of drug-likeness (QED) is 0.881. The summed E-state index contributed by atoms with van der Waals surface area (Å²) in [6, 6.07) is 15.2. The smallest absolute Gasteiger partial charge is 0.175 e. The van der Waals surface area contributed by atoms with E-state index in [0.717, 1.165) is 16.5 Å². The van der Waals surface area contributed by atoms with Gasteiger partial charge in [-0.1, -0.05) is 46.3 Å². The van der Waals surface area contributed by atoms with E-state index >= 15 is 0 Å². The maximum Gasteiger partial charge on any atom is 0.175 e. The first-order valence-corrected chi connectivity index (χ1v) is 9.31. The van der Waals surface area contributed by atoms with Crippen molar-refractivity contribution in [2.45, 2.75) is 17.4 Å². The van der Waals surface area contributed by atoms with Crippen LogP contribution in [0.1, 0.15) is 17.2 Å². The van der Waals surface area contributed by atoms with E-state index in [0.29, 0.717) is 4.90 Å². The van der Waals surface area contributed by atoms with Crippen molar-refractivity contribution >= 4 is 25.8 Å². The van der Waals surface area contributed by atoms with Gasteiger partial charge in [0.25, 0.3) is 0 Å². The van der Waals surface area contributed by atoms with Gasteiger partial charge in [-0.3, -0.25) is 0 Å². The Hall–Kier alpha value is -1.17. The molecule has 1 unspecified atom stereocenters. The average molecular weight is 368 g/mol. The molecule has 21 heavy (non-hydrogen) atoms. The number of hydrogen-bond donors (Lipinski definition) is 1. The molecule has 0 amide bonds. The van der Waals surface area contributed by atoms with Gasteiger partial charge >= 0.3 is 0 Å². The first kappa shape index (κ1) is 16.2. The minimum atomic E-state index is -3.19. The summed E-state index contributed by atoms with van der Waals surface area (Å²) < 4.78 is 24.4. The second-order valence-corrected chi connectivity index (χ2v) is 7.85. The van der Waals surface area contributed by atoms with Crippen molar-refractivity contribution in [2.75, 3.05) is 13.3 Å². The molecule has 3 nitrogen and oxygen atoms in total. The molecule has 0 radical (unpaired) electrons. The molecule has 0 saturated heterocycles.